The summed E-state index contributed by atoms with van der Waals surface area (Å²) >= 11 is 4.61. The Kier molecular flexibility index (Phi) is 5.03. The van der Waals surface area contributed by atoms with Gasteiger partial charge in [0, 0.05) is 11.4 Å². The van der Waals surface area contributed by atoms with Crippen LogP contribution in [-0.4, -0.2) is 26.9 Å². The quantitative estimate of drug-likeness (QED) is 0.836. The molecule has 0 saturated carbocycles. The van der Waals surface area contributed by atoms with Crippen molar-refractivity contribution in [1.29, 1.82) is 0 Å². The van der Waals surface area contributed by atoms with Crippen molar-refractivity contribution in [3.8, 4) is 0 Å². The van der Waals surface area contributed by atoms with Gasteiger partial charge in [0.1, 0.15) is 4.88 Å². The summed E-state index contributed by atoms with van der Waals surface area (Å²) in [5, 5.41) is 6.41. The monoisotopic (exact) mass is 277 g/mol. The molecule has 1 rings (SSSR count). The van der Waals surface area contributed by atoms with E-state index in [1.54, 1.807) is 0 Å². The highest BCUT2D eigenvalue weighted by Crippen LogP contribution is 2.08. The maximum absolute atomic E-state index is 11.4. The fourth-order valence-corrected chi connectivity index (χ4v) is 1.56. The second-order valence-electron chi connectivity index (χ2n) is 2.83. The first-order valence-electron chi connectivity index (χ1n) is 4.43. The first kappa shape index (κ1) is 11.6. The zero-order valence-electron chi connectivity index (χ0n) is 7.86. The number of carbonyl (C=O) groups is 1. The van der Waals surface area contributed by atoms with Crippen LogP contribution in [0.25, 0.3) is 0 Å². The molecule has 0 fully saturated rings. The maximum Gasteiger partial charge on any atom is 0.264 e. The zero-order chi connectivity index (χ0) is 10.4. The fourth-order valence-electron chi connectivity index (χ4n) is 0.901. The highest BCUT2D eigenvalue weighted by molar-refractivity contribution is 9.09. The molecular weight excluding hydrogens is 266 g/mol. The number of hydrogen-bond acceptors (Lipinski definition) is 4. The van der Waals surface area contributed by atoms with Crippen LogP contribution in [0.4, 0.5) is 0 Å². The number of carbonyl (C=O) groups excluding carboxylic acids is 1. The second-order valence-corrected chi connectivity index (χ2v) is 4.91. The molecule has 1 amide bonds. The van der Waals surface area contributed by atoms with Crippen molar-refractivity contribution in [2.45, 2.75) is 24.6 Å². The van der Waals surface area contributed by atoms with Gasteiger partial charge in [-0.2, -0.15) is 0 Å². The summed E-state index contributed by atoms with van der Waals surface area (Å²) in [6.07, 6.45) is 3.48. The summed E-state index contributed by atoms with van der Waals surface area (Å²) in [5.74, 6) is -0.0872. The number of nitrogens with one attached hydrogen (secondary N) is 1. The number of amides is 1. The topological polar surface area (TPSA) is 54.9 Å². The van der Waals surface area contributed by atoms with Crippen LogP contribution in [0, 0.1) is 0 Å². The Bertz CT molecular complexity index is 278. The predicted molar refractivity (Wildman–Crippen MR) is 59.9 cm³/mol. The van der Waals surface area contributed by atoms with E-state index in [0.29, 0.717) is 16.2 Å². The van der Waals surface area contributed by atoms with Crippen molar-refractivity contribution in [3.63, 3.8) is 0 Å². The van der Waals surface area contributed by atoms with Crippen LogP contribution >= 0.6 is 27.5 Å². The second kappa shape index (κ2) is 6.08. The molecule has 0 aromatic carbocycles. The first-order valence-corrected chi connectivity index (χ1v) is 6.12. The molecule has 78 valence electrons. The van der Waals surface area contributed by atoms with Gasteiger partial charge in [-0.15, -0.1) is 5.10 Å². The Labute approximate surface area is 95.4 Å². The molecule has 6 heteroatoms. The Morgan fingerprint density at radius 1 is 1.79 bits per heavy atom. The van der Waals surface area contributed by atoms with Gasteiger partial charge in [0.25, 0.3) is 5.91 Å². The summed E-state index contributed by atoms with van der Waals surface area (Å²) < 4.78 is 3.62. The molecule has 0 aliphatic carbocycles. The third kappa shape index (κ3) is 3.71. The van der Waals surface area contributed by atoms with Gasteiger partial charge in [0.2, 0.25) is 0 Å². The Morgan fingerprint density at radius 3 is 3.14 bits per heavy atom. The average Bonchev–Trinajstić information content (AvgIpc) is 2.70. The normalized spacial score (nSPS) is 12.4. The first-order chi connectivity index (χ1) is 6.74. The van der Waals surface area contributed by atoms with Crippen molar-refractivity contribution in [1.82, 2.24) is 14.9 Å². The van der Waals surface area contributed by atoms with Gasteiger partial charge in [-0.3, -0.25) is 4.79 Å². The van der Waals surface area contributed by atoms with Gasteiger partial charge in [0.15, 0.2) is 0 Å². The van der Waals surface area contributed by atoms with Crippen molar-refractivity contribution in [2.75, 3.05) is 6.54 Å². The van der Waals surface area contributed by atoms with Gasteiger partial charge >= 0.3 is 0 Å². The van der Waals surface area contributed by atoms with Gasteiger partial charge in [-0.1, -0.05) is 27.3 Å². The van der Waals surface area contributed by atoms with E-state index in [2.05, 4.69) is 37.8 Å². The van der Waals surface area contributed by atoms with Crippen LogP contribution in [0.5, 0.6) is 0 Å². The van der Waals surface area contributed by atoms with Gasteiger partial charge in [-0.25, -0.2) is 0 Å². The Balaban J connectivity index is 2.23. The van der Waals surface area contributed by atoms with Crippen LogP contribution in [0.1, 0.15) is 29.4 Å². The number of hydrogen-bond donors (Lipinski definition) is 1. The van der Waals surface area contributed by atoms with Gasteiger partial charge in [0.05, 0.1) is 6.20 Å². The van der Waals surface area contributed by atoms with E-state index >= 15 is 0 Å². The molecule has 1 heterocycles. The standard InChI is InChI=1S/C8H12BrN3OS/c1-2-6(9)3-4-10-8(13)7-5-11-12-14-7/h5-6H,2-4H2,1H3,(H,10,13). The van der Waals surface area contributed by atoms with Crippen molar-refractivity contribution in [2.24, 2.45) is 0 Å². The lowest BCUT2D eigenvalue weighted by Crippen LogP contribution is -2.25. The van der Waals surface area contributed by atoms with E-state index in [0.717, 1.165) is 24.4 Å². The van der Waals surface area contributed by atoms with Gasteiger partial charge < -0.3 is 5.32 Å². The largest absolute Gasteiger partial charge is 0.351 e. The maximum atomic E-state index is 11.4. The molecule has 0 bridgehead atoms. The molecule has 0 saturated heterocycles. The SMILES string of the molecule is CCC(Br)CCNC(=O)c1cnns1. The molecule has 1 unspecified atom stereocenters. The lowest BCUT2D eigenvalue weighted by molar-refractivity contribution is 0.0957. The van der Waals surface area contributed by atoms with E-state index in [-0.39, 0.29) is 5.91 Å². The molecule has 0 radical (unpaired) electrons. The van der Waals surface area contributed by atoms with Crippen LogP contribution in [0.2, 0.25) is 0 Å². The average molecular weight is 278 g/mol. The third-order valence-electron chi connectivity index (χ3n) is 1.77. The Morgan fingerprint density at radius 2 is 2.57 bits per heavy atom. The van der Waals surface area contributed by atoms with Crippen LogP contribution in [0.15, 0.2) is 6.20 Å². The molecule has 14 heavy (non-hydrogen) atoms. The van der Waals surface area contributed by atoms with Crippen molar-refractivity contribution >= 4 is 33.4 Å². The smallest absolute Gasteiger partial charge is 0.264 e. The minimum Gasteiger partial charge on any atom is -0.351 e. The number of aromatic nitrogens is 2. The van der Waals surface area contributed by atoms with E-state index in [9.17, 15) is 4.79 Å². The minimum absolute atomic E-state index is 0.0872. The summed E-state index contributed by atoms with van der Waals surface area (Å²) in [6.45, 7) is 2.79. The van der Waals surface area contributed by atoms with Crippen LogP contribution in [0.3, 0.4) is 0 Å². The van der Waals surface area contributed by atoms with Crippen LogP contribution in [-0.2, 0) is 0 Å². The number of rotatable bonds is 5. The molecule has 0 spiro atoms. The van der Waals surface area contributed by atoms with Crippen LogP contribution < -0.4 is 5.32 Å². The summed E-state index contributed by atoms with van der Waals surface area (Å²) in [4.78, 5) is 12.4. The van der Waals surface area contributed by atoms with E-state index in [4.69, 9.17) is 0 Å². The van der Waals surface area contributed by atoms with E-state index < -0.39 is 0 Å². The van der Waals surface area contributed by atoms with E-state index in [1.165, 1.54) is 6.20 Å². The highest BCUT2D eigenvalue weighted by Gasteiger charge is 2.08. The molecule has 1 aromatic heterocycles. The van der Waals surface area contributed by atoms with Crippen molar-refractivity contribution < 1.29 is 4.79 Å². The summed E-state index contributed by atoms with van der Waals surface area (Å²) in [5.41, 5.74) is 0. The molecular formula is C8H12BrN3OS. The van der Waals surface area contributed by atoms with Crippen molar-refractivity contribution in [3.05, 3.63) is 11.1 Å². The molecule has 4 nitrogen and oxygen atoms in total. The molecule has 1 aromatic rings. The van der Waals surface area contributed by atoms with E-state index in [1.807, 2.05) is 0 Å². The summed E-state index contributed by atoms with van der Waals surface area (Å²) in [6, 6.07) is 0. The zero-order valence-corrected chi connectivity index (χ0v) is 10.3. The molecule has 0 aliphatic rings. The molecule has 1 atom stereocenters. The number of alkyl halides is 1. The molecule has 0 aliphatic heterocycles. The minimum atomic E-state index is -0.0872. The third-order valence-corrected chi connectivity index (χ3v) is 3.54. The summed E-state index contributed by atoms with van der Waals surface area (Å²) in [7, 11) is 0. The lowest BCUT2D eigenvalue weighted by atomic mass is 10.2. The lowest BCUT2D eigenvalue weighted by Gasteiger charge is -2.06. The fraction of sp³-hybridized carbons (Fsp3) is 0.625. The predicted octanol–water partition coefficient (Wildman–Crippen LogP) is 1.83. The highest BCUT2D eigenvalue weighted by atomic mass is 79.9. The van der Waals surface area contributed by atoms with Gasteiger partial charge in [-0.05, 0) is 24.4 Å². The number of nitrogens with zero attached hydrogens (tertiary/aromatic N) is 2. The Hall–Kier alpha value is -0.490. The number of halogens is 1. The molecule has 1 N–H and O–H groups in total.